The number of carbonyl (C=O) groups excluding carboxylic acids is 1. The Kier molecular flexibility index (Phi) is 4.06. The van der Waals surface area contributed by atoms with Gasteiger partial charge in [-0.15, -0.1) is 0 Å². The first kappa shape index (κ1) is 12.4. The normalized spacial score (nSPS) is 24.4. The molecule has 2 atom stereocenters. The van der Waals surface area contributed by atoms with E-state index in [1.54, 1.807) is 12.1 Å². The van der Waals surface area contributed by atoms with Crippen LogP contribution in [0.25, 0.3) is 0 Å². The summed E-state index contributed by atoms with van der Waals surface area (Å²) in [6.07, 6.45) is 4.64. The molecule has 1 aromatic rings. The molecule has 0 heterocycles. The quantitative estimate of drug-likeness (QED) is 0.854. The monoisotopic (exact) mass is 251 g/mol. The molecule has 1 aliphatic rings. The van der Waals surface area contributed by atoms with Crippen LogP contribution >= 0.6 is 11.6 Å². The maximum absolute atomic E-state index is 12.0. The molecule has 1 N–H and O–H groups in total. The van der Waals surface area contributed by atoms with E-state index in [1.165, 1.54) is 12.8 Å². The smallest absolute Gasteiger partial charge is 0.253 e. The van der Waals surface area contributed by atoms with E-state index in [0.717, 1.165) is 12.8 Å². The van der Waals surface area contributed by atoms with Crippen LogP contribution in [0.4, 0.5) is 0 Å². The van der Waals surface area contributed by atoms with Gasteiger partial charge in [0.2, 0.25) is 0 Å². The lowest BCUT2D eigenvalue weighted by Crippen LogP contribution is -2.38. The van der Waals surface area contributed by atoms with Crippen LogP contribution in [0.15, 0.2) is 24.3 Å². The van der Waals surface area contributed by atoms with Crippen LogP contribution in [0.2, 0.25) is 5.02 Å². The summed E-state index contributed by atoms with van der Waals surface area (Å²) in [6, 6.07) is 7.50. The van der Waals surface area contributed by atoms with Gasteiger partial charge in [0.15, 0.2) is 0 Å². The molecule has 0 saturated heterocycles. The molecule has 0 spiro atoms. The van der Waals surface area contributed by atoms with Gasteiger partial charge in [-0.25, -0.2) is 0 Å². The van der Waals surface area contributed by atoms with Gasteiger partial charge in [-0.2, -0.15) is 0 Å². The molecule has 0 aliphatic heterocycles. The minimum absolute atomic E-state index is 0.0466. The van der Waals surface area contributed by atoms with Crippen LogP contribution in [-0.4, -0.2) is 11.9 Å². The fraction of sp³-hybridized carbons (Fsp3) is 0.500. The summed E-state index contributed by atoms with van der Waals surface area (Å²) in [5.74, 6) is 0.662. The van der Waals surface area contributed by atoms with Gasteiger partial charge in [0.25, 0.3) is 5.91 Å². The number of rotatable bonds is 2. The Morgan fingerprint density at radius 1 is 1.35 bits per heavy atom. The Hall–Kier alpha value is -1.02. The summed E-state index contributed by atoms with van der Waals surface area (Å²) in [7, 11) is 0. The number of hydrogen-bond acceptors (Lipinski definition) is 1. The molecular formula is C14H18ClNO. The first-order valence-corrected chi connectivity index (χ1v) is 6.60. The van der Waals surface area contributed by atoms with E-state index in [2.05, 4.69) is 12.2 Å². The van der Waals surface area contributed by atoms with E-state index in [4.69, 9.17) is 11.6 Å². The molecule has 1 aliphatic carbocycles. The predicted octanol–water partition coefficient (Wildman–Crippen LogP) is 3.65. The Morgan fingerprint density at radius 3 is 2.82 bits per heavy atom. The number of hydrogen-bond donors (Lipinski definition) is 1. The Morgan fingerprint density at radius 2 is 2.12 bits per heavy atom. The molecule has 1 aromatic carbocycles. The van der Waals surface area contributed by atoms with Crippen molar-refractivity contribution in [3.05, 3.63) is 34.9 Å². The summed E-state index contributed by atoms with van der Waals surface area (Å²) < 4.78 is 0. The third kappa shape index (κ3) is 3.22. The van der Waals surface area contributed by atoms with E-state index >= 15 is 0 Å². The van der Waals surface area contributed by atoms with Crippen LogP contribution in [0, 0.1) is 5.92 Å². The highest BCUT2D eigenvalue weighted by atomic mass is 35.5. The lowest BCUT2D eigenvalue weighted by atomic mass is 9.87. The summed E-state index contributed by atoms with van der Waals surface area (Å²) in [5.41, 5.74) is 0.576. The third-order valence-corrected chi connectivity index (χ3v) is 3.72. The maximum atomic E-state index is 12.0. The molecule has 1 amide bonds. The van der Waals surface area contributed by atoms with Gasteiger partial charge in [0, 0.05) is 6.04 Å². The third-order valence-electron chi connectivity index (χ3n) is 3.39. The summed E-state index contributed by atoms with van der Waals surface area (Å²) in [6.45, 7) is 2.24. The lowest BCUT2D eigenvalue weighted by Gasteiger charge is -2.27. The highest BCUT2D eigenvalue weighted by Crippen LogP contribution is 2.24. The van der Waals surface area contributed by atoms with Crippen molar-refractivity contribution in [2.24, 2.45) is 5.92 Å². The van der Waals surface area contributed by atoms with E-state index < -0.39 is 0 Å². The molecule has 92 valence electrons. The molecule has 1 fully saturated rings. The fourth-order valence-corrected chi connectivity index (χ4v) is 2.70. The van der Waals surface area contributed by atoms with Crippen molar-refractivity contribution in [2.75, 3.05) is 0 Å². The molecule has 2 nitrogen and oxygen atoms in total. The second-order valence-corrected chi connectivity index (χ2v) is 5.33. The summed E-state index contributed by atoms with van der Waals surface area (Å²) in [5, 5.41) is 3.61. The van der Waals surface area contributed by atoms with Crippen LogP contribution in [0.5, 0.6) is 0 Å². The van der Waals surface area contributed by atoms with E-state index in [-0.39, 0.29) is 5.91 Å². The van der Waals surface area contributed by atoms with Crippen molar-refractivity contribution in [2.45, 2.75) is 38.6 Å². The minimum atomic E-state index is -0.0466. The molecule has 0 bridgehead atoms. The van der Waals surface area contributed by atoms with Crippen LogP contribution < -0.4 is 5.32 Å². The zero-order valence-electron chi connectivity index (χ0n) is 10.1. The number of nitrogens with one attached hydrogen (secondary N) is 1. The Labute approximate surface area is 107 Å². The maximum Gasteiger partial charge on any atom is 0.253 e. The van der Waals surface area contributed by atoms with Crippen LogP contribution in [0.1, 0.15) is 43.0 Å². The molecule has 17 heavy (non-hydrogen) atoms. The Bertz CT molecular complexity index is 405. The summed E-state index contributed by atoms with van der Waals surface area (Å²) >= 11 is 6.00. The van der Waals surface area contributed by atoms with Gasteiger partial charge in [-0.3, -0.25) is 4.79 Å². The van der Waals surface area contributed by atoms with Crippen molar-refractivity contribution >= 4 is 17.5 Å². The van der Waals surface area contributed by atoms with Gasteiger partial charge in [-0.05, 0) is 30.9 Å². The number of carbonyl (C=O) groups is 1. The van der Waals surface area contributed by atoms with E-state index in [0.29, 0.717) is 22.5 Å². The largest absolute Gasteiger partial charge is 0.349 e. The van der Waals surface area contributed by atoms with Crippen molar-refractivity contribution in [3.8, 4) is 0 Å². The minimum Gasteiger partial charge on any atom is -0.349 e. The van der Waals surface area contributed by atoms with Crippen molar-refractivity contribution in [1.82, 2.24) is 5.32 Å². The molecule has 0 unspecified atom stereocenters. The van der Waals surface area contributed by atoms with Gasteiger partial charge in [-0.1, -0.05) is 43.5 Å². The second kappa shape index (κ2) is 5.54. The average Bonchev–Trinajstić information content (AvgIpc) is 2.29. The first-order chi connectivity index (χ1) is 8.16. The average molecular weight is 252 g/mol. The van der Waals surface area contributed by atoms with E-state index in [1.807, 2.05) is 12.1 Å². The van der Waals surface area contributed by atoms with Gasteiger partial charge in [0.05, 0.1) is 10.6 Å². The predicted molar refractivity (Wildman–Crippen MR) is 70.3 cm³/mol. The van der Waals surface area contributed by atoms with Gasteiger partial charge in [0.1, 0.15) is 0 Å². The highest BCUT2D eigenvalue weighted by Gasteiger charge is 2.21. The van der Waals surface area contributed by atoms with Crippen molar-refractivity contribution in [3.63, 3.8) is 0 Å². The van der Waals surface area contributed by atoms with Gasteiger partial charge >= 0.3 is 0 Å². The topological polar surface area (TPSA) is 29.1 Å². The van der Waals surface area contributed by atoms with Crippen molar-refractivity contribution in [1.29, 1.82) is 0 Å². The molecular weight excluding hydrogens is 234 g/mol. The standard InChI is InChI=1S/C14H18ClNO/c1-10-5-4-6-11(9-10)16-14(17)12-7-2-3-8-13(12)15/h2-3,7-8,10-11H,4-6,9H2,1H3,(H,16,17)/t10-,11+/m0/s1. The van der Waals surface area contributed by atoms with Crippen LogP contribution in [0.3, 0.4) is 0 Å². The number of amides is 1. The summed E-state index contributed by atoms with van der Waals surface area (Å²) in [4.78, 5) is 12.0. The molecule has 0 radical (unpaired) electrons. The Balaban J connectivity index is 1.99. The highest BCUT2D eigenvalue weighted by molar-refractivity contribution is 6.33. The van der Waals surface area contributed by atoms with Crippen LogP contribution in [-0.2, 0) is 0 Å². The fourth-order valence-electron chi connectivity index (χ4n) is 2.47. The zero-order valence-corrected chi connectivity index (χ0v) is 10.8. The van der Waals surface area contributed by atoms with E-state index in [9.17, 15) is 4.79 Å². The van der Waals surface area contributed by atoms with Gasteiger partial charge < -0.3 is 5.32 Å². The lowest BCUT2D eigenvalue weighted by molar-refractivity contribution is 0.0921. The molecule has 2 rings (SSSR count). The first-order valence-electron chi connectivity index (χ1n) is 6.22. The molecule has 0 aromatic heterocycles. The molecule has 3 heteroatoms. The van der Waals surface area contributed by atoms with Crippen molar-refractivity contribution < 1.29 is 4.79 Å². The SMILES string of the molecule is C[C@H]1CCC[C@@H](NC(=O)c2ccccc2Cl)C1. The number of benzene rings is 1. The molecule has 1 saturated carbocycles. The number of halogens is 1. The second-order valence-electron chi connectivity index (χ2n) is 4.92. The zero-order chi connectivity index (χ0) is 12.3.